The molecule has 5 aromatic carbocycles. The number of anilines is 1. The van der Waals surface area contributed by atoms with Gasteiger partial charge in [-0.3, -0.25) is 0 Å². The maximum Gasteiger partial charge on any atom is 0.123 e. The lowest BCUT2D eigenvalue weighted by Gasteiger charge is -2.49. The molecule has 346 valence electrons. The van der Waals surface area contributed by atoms with Crippen molar-refractivity contribution in [3.63, 3.8) is 0 Å². The Morgan fingerprint density at radius 2 is 1.39 bits per heavy atom. The molecular weight excluding hydrogens is 843 g/mol. The second-order valence-corrected chi connectivity index (χ2v) is 22.7. The van der Waals surface area contributed by atoms with E-state index >= 15 is 8.78 Å². The molecule has 2 nitrogen and oxygen atoms in total. The summed E-state index contributed by atoms with van der Waals surface area (Å²) in [5.74, 6) is 1.09. The highest BCUT2D eigenvalue weighted by Gasteiger charge is 2.34. The van der Waals surface area contributed by atoms with E-state index in [9.17, 15) is 0 Å². The third-order valence-corrected chi connectivity index (χ3v) is 18.8. The zero-order chi connectivity index (χ0) is 48.0. The first kappa shape index (κ1) is 48.8. The van der Waals surface area contributed by atoms with Crippen LogP contribution in [0.5, 0.6) is 0 Å². The summed E-state index contributed by atoms with van der Waals surface area (Å²) in [5, 5.41) is 1.79. The first-order chi connectivity index (χ1) is 32.3. The molecule has 0 radical (unpaired) electrons. The van der Waals surface area contributed by atoms with Crippen LogP contribution in [0.4, 0.5) is 14.5 Å². The number of rotatable bonds is 12. The SMILES string of the molecule is C=C1/C=C\C=C/N(c2cc(C)cc(-c3cc(F)ccc3CS(Cc3ccc(F)cc3-c3cc(C)cc(-n4c(/C=C\C=C/C)cc5ccccc54)c3C)(C(C)C)C(C)C)c2)C2=C1C=CCC2.CC. The van der Waals surface area contributed by atoms with Gasteiger partial charge in [-0.25, -0.2) is 18.8 Å². The largest absolute Gasteiger partial charge is 0.320 e. The fraction of sp³-hybridized carbons (Fsp3) is 0.258. The lowest BCUT2D eigenvalue weighted by atomic mass is 9.93. The Hall–Kier alpha value is -6.17. The second kappa shape index (κ2) is 21.2. The Labute approximate surface area is 401 Å². The van der Waals surface area contributed by atoms with Gasteiger partial charge in [-0.1, -0.05) is 133 Å². The van der Waals surface area contributed by atoms with Crippen LogP contribution in [0.15, 0.2) is 175 Å². The van der Waals surface area contributed by atoms with Gasteiger partial charge in [-0.05, 0) is 173 Å². The maximum absolute atomic E-state index is 15.7. The molecular formula is C62H68F2N2S. The van der Waals surface area contributed by atoms with Crippen molar-refractivity contribution in [3.05, 3.63) is 220 Å². The van der Waals surface area contributed by atoms with E-state index in [1.54, 1.807) is 24.3 Å². The predicted molar refractivity (Wildman–Crippen MR) is 290 cm³/mol. The Kier molecular flexibility index (Phi) is 15.4. The van der Waals surface area contributed by atoms with Crippen LogP contribution < -0.4 is 4.90 Å². The second-order valence-electron chi connectivity index (χ2n) is 18.3. The zero-order valence-electron chi connectivity index (χ0n) is 41.3. The van der Waals surface area contributed by atoms with Crippen molar-refractivity contribution >= 4 is 32.7 Å². The molecule has 0 amide bonds. The van der Waals surface area contributed by atoms with Crippen LogP contribution >= 0.6 is 10.0 Å². The average molecular weight is 911 g/mol. The molecule has 2 aliphatic rings. The molecule has 6 aromatic rings. The molecule has 0 bridgehead atoms. The average Bonchev–Trinajstić information content (AvgIpc) is 3.68. The van der Waals surface area contributed by atoms with Crippen molar-refractivity contribution in [1.29, 1.82) is 0 Å². The Morgan fingerprint density at radius 3 is 2.09 bits per heavy atom. The van der Waals surface area contributed by atoms with Crippen molar-refractivity contribution in [3.8, 4) is 27.9 Å². The van der Waals surface area contributed by atoms with E-state index in [2.05, 4.69) is 168 Å². The first-order valence-electron chi connectivity index (χ1n) is 24.0. The minimum absolute atomic E-state index is 0.249. The number of halogens is 2. The summed E-state index contributed by atoms with van der Waals surface area (Å²) in [6.45, 7) is 26.2. The van der Waals surface area contributed by atoms with E-state index in [1.165, 1.54) is 5.70 Å². The van der Waals surface area contributed by atoms with Gasteiger partial charge >= 0.3 is 0 Å². The molecule has 0 unspecified atom stereocenters. The summed E-state index contributed by atoms with van der Waals surface area (Å²) in [7, 11) is -1.54. The van der Waals surface area contributed by atoms with Crippen molar-refractivity contribution in [2.45, 2.75) is 104 Å². The van der Waals surface area contributed by atoms with Gasteiger partial charge in [0.1, 0.15) is 11.6 Å². The Bertz CT molecular complexity index is 2980. The van der Waals surface area contributed by atoms with E-state index in [0.717, 1.165) is 114 Å². The fourth-order valence-corrected chi connectivity index (χ4v) is 14.1. The number of para-hydroxylation sites is 1. The topological polar surface area (TPSA) is 8.17 Å². The highest BCUT2D eigenvalue weighted by molar-refractivity contribution is 8.33. The van der Waals surface area contributed by atoms with Crippen LogP contribution in [-0.2, 0) is 11.5 Å². The number of hydrogen-bond donors (Lipinski definition) is 0. The standard InChI is InChI=1S/C60H62F2N2S.C2H6/c1-10-11-12-21-52-34-46-20-13-15-23-58(46)64(52)60-33-43(7)32-55(45(60)9)57-37-51(62)28-26-48(57)39-65(40(2)3,41(4)5)38-47-25-27-50(61)36-56(47)49-30-42(6)31-53(35-49)63-29-18-17-19-44(8)54-22-14-16-24-59(54)63;1-2/h10-15,17-23,25-37,40-41H,8,16,24,38-39H2,1-7,9H3;1-2H3/b11-10-,19-17-,21-12-,29-18-;. The molecule has 1 aromatic heterocycles. The van der Waals surface area contributed by atoms with Crippen LogP contribution in [0.2, 0.25) is 0 Å². The molecule has 5 heteroatoms. The van der Waals surface area contributed by atoms with Gasteiger partial charge < -0.3 is 9.47 Å². The Morgan fingerprint density at radius 1 is 0.716 bits per heavy atom. The van der Waals surface area contributed by atoms with Gasteiger partial charge in [-0.2, -0.15) is 0 Å². The lowest BCUT2D eigenvalue weighted by molar-refractivity contribution is 0.627. The molecule has 0 spiro atoms. The summed E-state index contributed by atoms with van der Waals surface area (Å²) in [5.41, 5.74) is 17.1. The monoisotopic (exact) mass is 911 g/mol. The molecule has 0 fully saturated rings. The van der Waals surface area contributed by atoms with Crippen LogP contribution in [0.3, 0.4) is 0 Å². The van der Waals surface area contributed by atoms with Gasteiger partial charge in [0.15, 0.2) is 0 Å². The summed E-state index contributed by atoms with van der Waals surface area (Å²) < 4.78 is 33.7. The number of aryl methyl sites for hydroxylation is 2. The number of nitrogens with zero attached hydrogens (tertiary/aromatic N) is 2. The molecule has 0 N–H and O–H groups in total. The molecule has 67 heavy (non-hydrogen) atoms. The van der Waals surface area contributed by atoms with Crippen molar-refractivity contribution in [2.24, 2.45) is 0 Å². The first-order valence-corrected chi connectivity index (χ1v) is 26.1. The highest BCUT2D eigenvalue weighted by Crippen LogP contribution is 2.63. The summed E-state index contributed by atoms with van der Waals surface area (Å²) >= 11 is 0. The molecule has 0 saturated heterocycles. The number of fused-ring (bicyclic) bond motifs is 1. The van der Waals surface area contributed by atoms with E-state index in [-0.39, 0.29) is 11.6 Å². The number of hydrogen-bond acceptors (Lipinski definition) is 1. The lowest BCUT2D eigenvalue weighted by Crippen LogP contribution is -2.25. The quantitative estimate of drug-likeness (QED) is 0.111. The van der Waals surface area contributed by atoms with E-state index < -0.39 is 10.0 Å². The van der Waals surface area contributed by atoms with E-state index in [1.807, 2.05) is 51.1 Å². The summed E-state index contributed by atoms with van der Waals surface area (Å²) in [4.78, 5) is 2.29. The highest BCUT2D eigenvalue weighted by atomic mass is 32.3. The third kappa shape index (κ3) is 10.2. The van der Waals surface area contributed by atoms with Crippen molar-refractivity contribution in [1.82, 2.24) is 4.57 Å². The third-order valence-electron chi connectivity index (χ3n) is 13.3. The van der Waals surface area contributed by atoms with Gasteiger partial charge in [0.25, 0.3) is 0 Å². The molecule has 1 aliphatic carbocycles. The number of aromatic nitrogens is 1. The predicted octanol–water partition coefficient (Wildman–Crippen LogP) is 18.2. The van der Waals surface area contributed by atoms with Crippen LogP contribution in [0.25, 0.3) is 44.9 Å². The van der Waals surface area contributed by atoms with E-state index in [0.29, 0.717) is 10.5 Å². The fourth-order valence-electron chi connectivity index (χ4n) is 9.88. The van der Waals surface area contributed by atoms with Gasteiger partial charge in [0.05, 0.1) is 5.52 Å². The molecule has 0 saturated carbocycles. The van der Waals surface area contributed by atoms with E-state index in [4.69, 9.17) is 0 Å². The maximum atomic E-state index is 15.7. The minimum Gasteiger partial charge on any atom is -0.320 e. The van der Waals surface area contributed by atoms with Gasteiger partial charge in [-0.15, -0.1) is 0 Å². The van der Waals surface area contributed by atoms with Crippen LogP contribution in [-0.4, -0.2) is 15.1 Å². The Balaban J connectivity index is 0.00000329. The smallest absolute Gasteiger partial charge is 0.123 e. The van der Waals surface area contributed by atoms with Crippen LogP contribution in [0.1, 0.15) is 94.8 Å². The zero-order valence-corrected chi connectivity index (χ0v) is 42.1. The van der Waals surface area contributed by atoms with Crippen molar-refractivity contribution in [2.75, 3.05) is 4.90 Å². The number of benzene rings is 5. The normalized spacial score (nSPS) is 15.4. The van der Waals surface area contributed by atoms with Crippen LogP contribution in [0, 0.1) is 32.4 Å². The molecule has 2 heterocycles. The minimum atomic E-state index is -1.54. The molecule has 0 atom stereocenters. The van der Waals surface area contributed by atoms with Crippen molar-refractivity contribution < 1.29 is 8.78 Å². The van der Waals surface area contributed by atoms with Gasteiger partial charge in [0, 0.05) is 51.4 Å². The summed E-state index contributed by atoms with van der Waals surface area (Å²) in [6.07, 6.45) is 22.9. The number of allylic oxidation sites excluding steroid dienone is 11. The summed E-state index contributed by atoms with van der Waals surface area (Å²) in [6, 6.07) is 32.6. The van der Waals surface area contributed by atoms with Gasteiger partial charge in [0.2, 0.25) is 0 Å². The molecule has 8 rings (SSSR count). The molecule has 1 aliphatic heterocycles.